The van der Waals surface area contributed by atoms with Crippen LogP contribution in [0.5, 0.6) is 0 Å². The highest BCUT2D eigenvalue weighted by molar-refractivity contribution is 6.31. The Morgan fingerprint density at radius 1 is 1.03 bits per heavy atom. The van der Waals surface area contributed by atoms with E-state index in [9.17, 15) is 4.79 Å². The van der Waals surface area contributed by atoms with E-state index in [1.807, 2.05) is 24.3 Å². The summed E-state index contributed by atoms with van der Waals surface area (Å²) in [5, 5.41) is 3.72. The molecule has 3 aromatic rings. The molecule has 0 spiro atoms. The molecule has 8 heteroatoms. The van der Waals surface area contributed by atoms with Gasteiger partial charge in [0.25, 0.3) is 5.91 Å². The monoisotopic (exact) mass is 468 g/mol. The van der Waals surface area contributed by atoms with Gasteiger partial charge in [0.05, 0.1) is 25.8 Å². The summed E-state index contributed by atoms with van der Waals surface area (Å²) >= 11 is 6.59. The predicted molar refractivity (Wildman–Crippen MR) is 126 cm³/mol. The van der Waals surface area contributed by atoms with Gasteiger partial charge in [0.2, 0.25) is 0 Å². The third-order valence-electron chi connectivity index (χ3n) is 6.40. The van der Waals surface area contributed by atoms with Gasteiger partial charge >= 0.3 is 0 Å². The molecule has 1 amide bonds. The third-order valence-corrected chi connectivity index (χ3v) is 6.74. The fourth-order valence-corrected chi connectivity index (χ4v) is 4.92. The number of nitrogens with zero attached hydrogens (tertiary/aromatic N) is 3. The van der Waals surface area contributed by atoms with E-state index in [1.165, 1.54) is 5.69 Å². The number of benzene rings is 1. The van der Waals surface area contributed by atoms with Crippen LogP contribution in [-0.2, 0) is 17.8 Å². The first-order chi connectivity index (χ1) is 16.2. The molecule has 2 aliphatic heterocycles. The van der Waals surface area contributed by atoms with Gasteiger partial charge in [-0.05, 0) is 35.9 Å². The van der Waals surface area contributed by atoms with Gasteiger partial charge in [-0.25, -0.2) is 0 Å². The van der Waals surface area contributed by atoms with Gasteiger partial charge < -0.3 is 19.0 Å². The number of aromatic nitrogens is 1. The van der Waals surface area contributed by atoms with Crippen molar-refractivity contribution >= 4 is 17.5 Å². The average Bonchev–Trinajstić information content (AvgIpc) is 3.50. The van der Waals surface area contributed by atoms with Crippen LogP contribution in [0.25, 0.3) is 0 Å². The quantitative estimate of drug-likeness (QED) is 0.575. The second kappa shape index (κ2) is 10.1. The molecule has 1 atom stereocenters. The van der Waals surface area contributed by atoms with Crippen molar-refractivity contribution in [1.82, 2.24) is 19.7 Å². The second-order valence-electron chi connectivity index (χ2n) is 8.50. The number of fused-ring (bicyclic) bond motifs is 1. The Morgan fingerprint density at radius 2 is 1.88 bits per heavy atom. The molecule has 4 heterocycles. The highest BCUT2D eigenvalue weighted by atomic mass is 35.5. The third kappa shape index (κ3) is 5.01. The van der Waals surface area contributed by atoms with Crippen molar-refractivity contribution in [1.29, 1.82) is 0 Å². The molecule has 33 heavy (non-hydrogen) atoms. The number of rotatable bonds is 7. The minimum absolute atomic E-state index is 0.0262. The topological polar surface area (TPSA) is 62.9 Å². The van der Waals surface area contributed by atoms with E-state index in [0.29, 0.717) is 18.8 Å². The standard InChI is InChI=1S/C25H29ClN4O3/c26-21-5-2-1-4-20(21)24-22-6-3-10-29(22)12-13-30(24)18-19-7-8-23(33-19)25(31)27-9-11-28-14-16-32-17-15-28/h1-8,10,24H,9,11-18H2,(H,27,31). The summed E-state index contributed by atoms with van der Waals surface area (Å²) in [6.45, 7) is 7.10. The van der Waals surface area contributed by atoms with E-state index in [2.05, 4.69) is 44.1 Å². The number of furan rings is 1. The molecule has 0 aliphatic carbocycles. The zero-order valence-corrected chi connectivity index (χ0v) is 19.3. The molecule has 2 aromatic heterocycles. The highest BCUT2D eigenvalue weighted by Gasteiger charge is 2.31. The van der Waals surface area contributed by atoms with Crippen molar-refractivity contribution in [3.63, 3.8) is 0 Å². The smallest absolute Gasteiger partial charge is 0.287 e. The molecule has 1 unspecified atom stereocenters. The molecule has 7 nitrogen and oxygen atoms in total. The van der Waals surface area contributed by atoms with Crippen LogP contribution >= 0.6 is 11.6 Å². The molecule has 1 fully saturated rings. The van der Waals surface area contributed by atoms with Crippen molar-refractivity contribution in [2.75, 3.05) is 45.9 Å². The van der Waals surface area contributed by atoms with Gasteiger partial charge in [-0.3, -0.25) is 14.6 Å². The molecule has 0 saturated carbocycles. The van der Waals surface area contributed by atoms with Gasteiger partial charge in [-0.15, -0.1) is 0 Å². The lowest BCUT2D eigenvalue weighted by molar-refractivity contribution is 0.0382. The fraction of sp³-hybridized carbons (Fsp3) is 0.400. The van der Waals surface area contributed by atoms with Crippen LogP contribution < -0.4 is 5.32 Å². The summed E-state index contributed by atoms with van der Waals surface area (Å²) in [7, 11) is 0. The summed E-state index contributed by atoms with van der Waals surface area (Å²) in [5.74, 6) is 0.941. The van der Waals surface area contributed by atoms with Crippen molar-refractivity contribution < 1.29 is 13.9 Å². The van der Waals surface area contributed by atoms with Gasteiger partial charge in [-0.1, -0.05) is 29.8 Å². The highest BCUT2D eigenvalue weighted by Crippen LogP contribution is 2.36. The molecule has 1 aromatic carbocycles. The van der Waals surface area contributed by atoms with E-state index in [0.717, 1.165) is 62.3 Å². The van der Waals surface area contributed by atoms with Crippen molar-refractivity contribution in [3.05, 3.63) is 82.5 Å². The number of ether oxygens (including phenoxy) is 1. The zero-order chi connectivity index (χ0) is 22.6. The Bertz CT molecular complexity index is 1090. The van der Waals surface area contributed by atoms with Crippen LogP contribution in [0.2, 0.25) is 5.02 Å². The first-order valence-corrected chi connectivity index (χ1v) is 11.9. The number of halogens is 1. The van der Waals surface area contributed by atoms with E-state index in [-0.39, 0.29) is 11.9 Å². The minimum Gasteiger partial charge on any atom is -0.455 e. The SMILES string of the molecule is O=C(NCCN1CCOCC1)c1ccc(CN2CCn3cccc3C2c2ccccc2Cl)o1. The maximum absolute atomic E-state index is 12.6. The molecule has 2 aliphatic rings. The molecule has 1 N–H and O–H groups in total. The average molecular weight is 469 g/mol. The summed E-state index contributed by atoms with van der Waals surface area (Å²) < 4.78 is 13.6. The van der Waals surface area contributed by atoms with Crippen molar-refractivity contribution in [2.45, 2.75) is 19.1 Å². The second-order valence-corrected chi connectivity index (χ2v) is 8.90. The normalized spacial score (nSPS) is 19.4. The molecule has 1 saturated heterocycles. The predicted octanol–water partition coefficient (Wildman–Crippen LogP) is 3.40. The molecular formula is C25H29ClN4O3. The summed E-state index contributed by atoms with van der Waals surface area (Å²) in [6, 6.07) is 15.9. The Kier molecular flexibility index (Phi) is 6.83. The fourth-order valence-electron chi connectivity index (χ4n) is 4.68. The Balaban J connectivity index is 1.25. The van der Waals surface area contributed by atoms with Crippen LogP contribution in [0.3, 0.4) is 0 Å². The Labute approximate surface area is 198 Å². The van der Waals surface area contributed by atoms with Crippen LogP contribution in [-0.4, -0.2) is 66.2 Å². The maximum atomic E-state index is 12.6. The number of nitrogens with one attached hydrogen (secondary N) is 1. The van der Waals surface area contributed by atoms with Gasteiger partial charge in [0.15, 0.2) is 5.76 Å². The number of carbonyl (C=O) groups excluding carboxylic acids is 1. The molecule has 5 rings (SSSR count). The van der Waals surface area contributed by atoms with Crippen LogP contribution in [0.1, 0.15) is 33.6 Å². The lowest BCUT2D eigenvalue weighted by Gasteiger charge is -2.37. The van der Waals surface area contributed by atoms with Crippen molar-refractivity contribution in [2.24, 2.45) is 0 Å². The van der Waals surface area contributed by atoms with Gasteiger partial charge in [-0.2, -0.15) is 0 Å². The summed E-state index contributed by atoms with van der Waals surface area (Å²) in [5.41, 5.74) is 2.29. The van der Waals surface area contributed by atoms with Crippen LogP contribution in [0, 0.1) is 0 Å². The number of hydrogen-bond acceptors (Lipinski definition) is 5. The van der Waals surface area contributed by atoms with E-state index < -0.39 is 0 Å². The largest absolute Gasteiger partial charge is 0.455 e. The zero-order valence-electron chi connectivity index (χ0n) is 18.6. The number of carbonyl (C=O) groups is 1. The van der Waals surface area contributed by atoms with Gasteiger partial charge in [0, 0.05) is 56.2 Å². The lowest BCUT2D eigenvalue weighted by atomic mass is 9.99. The van der Waals surface area contributed by atoms with Gasteiger partial charge in [0.1, 0.15) is 5.76 Å². The Hall–Kier alpha value is -2.58. The summed E-state index contributed by atoms with van der Waals surface area (Å²) in [4.78, 5) is 17.2. The minimum atomic E-state index is -0.176. The first-order valence-electron chi connectivity index (χ1n) is 11.5. The summed E-state index contributed by atoms with van der Waals surface area (Å²) in [6.07, 6.45) is 2.11. The van der Waals surface area contributed by atoms with Crippen molar-refractivity contribution in [3.8, 4) is 0 Å². The van der Waals surface area contributed by atoms with E-state index >= 15 is 0 Å². The number of morpholine rings is 1. The first kappa shape index (κ1) is 22.2. The molecule has 0 bridgehead atoms. The van der Waals surface area contributed by atoms with Crippen LogP contribution in [0.15, 0.2) is 59.1 Å². The number of hydrogen-bond donors (Lipinski definition) is 1. The maximum Gasteiger partial charge on any atom is 0.287 e. The molecule has 0 radical (unpaired) electrons. The molecule has 174 valence electrons. The van der Waals surface area contributed by atoms with E-state index in [4.69, 9.17) is 20.8 Å². The Morgan fingerprint density at radius 3 is 2.73 bits per heavy atom. The number of amides is 1. The van der Waals surface area contributed by atoms with E-state index in [1.54, 1.807) is 6.07 Å². The van der Waals surface area contributed by atoms with Crippen LogP contribution in [0.4, 0.5) is 0 Å². The molecular weight excluding hydrogens is 440 g/mol. The lowest BCUT2D eigenvalue weighted by Crippen LogP contribution is -2.41.